The van der Waals surface area contributed by atoms with Crippen molar-refractivity contribution in [2.75, 3.05) is 32.8 Å². The molecule has 2 aliphatic rings. The summed E-state index contributed by atoms with van der Waals surface area (Å²) in [5, 5.41) is 21.6. The average Bonchev–Trinajstić information content (AvgIpc) is 3.39. The van der Waals surface area contributed by atoms with Gasteiger partial charge in [-0.25, -0.2) is 0 Å². The van der Waals surface area contributed by atoms with Crippen LogP contribution in [-0.4, -0.2) is 69.6 Å². The average molecular weight is 430 g/mol. The van der Waals surface area contributed by atoms with Gasteiger partial charge in [-0.05, 0) is 37.5 Å². The second-order valence-corrected chi connectivity index (χ2v) is 7.99. The Balaban J connectivity index is 1.30. The van der Waals surface area contributed by atoms with Crippen LogP contribution in [0.4, 0.5) is 0 Å². The van der Waals surface area contributed by atoms with Gasteiger partial charge < -0.3 is 24.5 Å². The first kappa shape index (κ1) is 21.6. The summed E-state index contributed by atoms with van der Waals surface area (Å²) >= 11 is 0. The lowest BCUT2D eigenvalue weighted by Crippen LogP contribution is -2.35. The smallest absolute Gasteiger partial charge is 0.249 e. The highest BCUT2D eigenvalue weighted by molar-refractivity contribution is 5.80. The van der Waals surface area contributed by atoms with Crippen molar-refractivity contribution in [3.05, 3.63) is 35.4 Å². The number of aromatic hydroxyl groups is 1. The first-order chi connectivity index (χ1) is 15.1. The monoisotopic (exact) mass is 429 g/mol. The standard InChI is InChI=1S/C22H31N5O4/c1-2-30-19-14-16(5-6-17(19)28)15-26-10-8-21-25-24-20(27(21)12-11-26)7-9-23-22(29)18-4-3-13-31-18/h5-6,14,18,28H,2-4,7-13,15H2,1H3,(H,23,29)/t18-/m1/s1. The van der Waals surface area contributed by atoms with Gasteiger partial charge in [0.1, 0.15) is 17.8 Å². The van der Waals surface area contributed by atoms with Gasteiger partial charge in [-0.3, -0.25) is 9.69 Å². The van der Waals surface area contributed by atoms with E-state index in [0.29, 0.717) is 31.9 Å². The van der Waals surface area contributed by atoms with Crippen LogP contribution >= 0.6 is 0 Å². The van der Waals surface area contributed by atoms with Crippen LogP contribution < -0.4 is 10.1 Å². The molecule has 1 amide bonds. The molecule has 9 nitrogen and oxygen atoms in total. The van der Waals surface area contributed by atoms with Gasteiger partial charge in [-0.1, -0.05) is 6.07 Å². The summed E-state index contributed by atoms with van der Waals surface area (Å²) in [6.07, 6.45) is 2.93. The molecule has 1 atom stereocenters. The number of ether oxygens (including phenoxy) is 2. The van der Waals surface area contributed by atoms with Crippen LogP contribution in [-0.2, 0) is 35.5 Å². The Bertz CT molecular complexity index is 894. The molecule has 4 rings (SSSR count). The number of rotatable bonds is 8. The lowest BCUT2D eigenvalue weighted by Gasteiger charge is -2.20. The van der Waals surface area contributed by atoms with Crippen molar-refractivity contribution in [2.24, 2.45) is 0 Å². The van der Waals surface area contributed by atoms with Crippen LogP contribution in [0.15, 0.2) is 18.2 Å². The zero-order valence-corrected chi connectivity index (χ0v) is 18.0. The van der Waals surface area contributed by atoms with Crippen molar-refractivity contribution >= 4 is 5.91 Å². The number of hydrogen-bond acceptors (Lipinski definition) is 7. The van der Waals surface area contributed by atoms with Crippen LogP contribution in [0.1, 0.15) is 37.0 Å². The van der Waals surface area contributed by atoms with Gasteiger partial charge in [0.25, 0.3) is 0 Å². The van der Waals surface area contributed by atoms with Crippen molar-refractivity contribution in [3.63, 3.8) is 0 Å². The summed E-state index contributed by atoms with van der Waals surface area (Å²) in [6, 6.07) is 5.53. The summed E-state index contributed by atoms with van der Waals surface area (Å²) in [5.41, 5.74) is 1.11. The number of hydrogen-bond donors (Lipinski definition) is 2. The van der Waals surface area contributed by atoms with Gasteiger partial charge in [0.15, 0.2) is 11.5 Å². The second-order valence-electron chi connectivity index (χ2n) is 7.99. The number of carbonyl (C=O) groups excluding carboxylic acids is 1. The molecule has 1 fully saturated rings. The predicted octanol–water partition coefficient (Wildman–Crippen LogP) is 1.28. The summed E-state index contributed by atoms with van der Waals surface area (Å²) in [7, 11) is 0. The van der Waals surface area contributed by atoms with E-state index >= 15 is 0 Å². The number of aromatic nitrogens is 3. The largest absolute Gasteiger partial charge is 0.504 e. The van der Waals surface area contributed by atoms with E-state index in [1.165, 1.54) is 0 Å². The van der Waals surface area contributed by atoms with Gasteiger partial charge in [0.2, 0.25) is 5.91 Å². The third kappa shape index (κ3) is 5.34. The van der Waals surface area contributed by atoms with Crippen LogP contribution in [0.2, 0.25) is 0 Å². The first-order valence-corrected chi connectivity index (χ1v) is 11.1. The molecule has 1 aromatic heterocycles. The zero-order valence-electron chi connectivity index (χ0n) is 18.0. The Morgan fingerprint density at radius 3 is 3.03 bits per heavy atom. The van der Waals surface area contributed by atoms with Gasteiger partial charge >= 0.3 is 0 Å². The predicted molar refractivity (Wildman–Crippen MR) is 114 cm³/mol. The molecule has 9 heteroatoms. The highest BCUT2D eigenvalue weighted by Gasteiger charge is 2.24. The van der Waals surface area contributed by atoms with E-state index in [1.807, 2.05) is 19.1 Å². The molecule has 2 N–H and O–H groups in total. The number of phenolic OH excluding ortho intramolecular Hbond substituents is 1. The fraction of sp³-hybridized carbons (Fsp3) is 0.591. The molecule has 0 spiro atoms. The van der Waals surface area contributed by atoms with Crippen molar-refractivity contribution in [1.29, 1.82) is 0 Å². The highest BCUT2D eigenvalue weighted by Crippen LogP contribution is 2.27. The van der Waals surface area contributed by atoms with Gasteiger partial charge in [0, 0.05) is 52.2 Å². The van der Waals surface area contributed by atoms with E-state index in [4.69, 9.17) is 9.47 Å². The number of amides is 1. The molecular weight excluding hydrogens is 398 g/mol. The summed E-state index contributed by atoms with van der Waals surface area (Å²) in [5.74, 6) is 2.57. The maximum atomic E-state index is 12.1. The molecule has 0 bridgehead atoms. The minimum atomic E-state index is -0.299. The number of nitrogens with zero attached hydrogens (tertiary/aromatic N) is 4. The highest BCUT2D eigenvalue weighted by atomic mass is 16.5. The molecule has 31 heavy (non-hydrogen) atoms. The number of fused-ring (bicyclic) bond motifs is 1. The SMILES string of the molecule is CCOc1cc(CN2CCc3nnc(CCNC(=O)[C@H]4CCCO4)n3CC2)ccc1O. The number of benzene rings is 1. The number of phenols is 1. The van der Waals surface area contributed by atoms with Crippen LogP contribution in [0.5, 0.6) is 11.5 Å². The molecular formula is C22H31N5O4. The van der Waals surface area contributed by atoms with Crippen LogP contribution in [0.25, 0.3) is 0 Å². The molecule has 2 aromatic rings. The lowest BCUT2D eigenvalue weighted by molar-refractivity contribution is -0.130. The normalized spacial score (nSPS) is 19.1. The maximum absolute atomic E-state index is 12.1. The Morgan fingerprint density at radius 2 is 2.23 bits per heavy atom. The molecule has 168 valence electrons. The van der Waals surface area contributed by atoms with E-state index in [9.17, 15) is 9.90 Å². The first-order valence-electron chi connectivity index (χ1n) is 11.1. The van der Waals surface area contributed by atoms with E-state index in [2.05, 4.69) is 25.0 Å². The van der Waals surface area contributed by atoms with Crippen LogP contribution in [0, 0.1) is 0 Å². The molecule has 3 heterocycles. The minimum absolute atomic E-state index is 0.0281. The number of nitrogens with one attached hydrogen (secondary N) is 1. The summed E-state index contributed by atoms with van der Waals surface area (Å²) in [6.45, 7) is 6.99. The molecule has 1 saturated heterocycles. The quantitative estimate of drug-likeness (QED) is 0.652. The molecule has 0 radical (unpaired) electrons. The van der Waals surface area contributed by atoms with Crippen molar-refractivity contribution in [2.45, 2.75) is 51.8 Å². The molecule has 1 aromatic carbocycles. The molecule has 0 unspecified atom stereocenters. The van der Waals surface area contributed by atoms with E-state index in [0.717, 1.165) is 62.7 Å². The Morgan fingerprint density at radius 1 is 1.32 bits per heavy atom. The number of carbonyl (C=O) groups is 1. The third-order valence-electron chi connectivity index (χ3n) is 5.80. The van der Waals surface area contributed by atoms with Crippen molar-refractivity contribution in [1.82, 2.24) is 25.0 Å². The maximum Gasteiger partial charge on any atom is 0.249 e. The topological polar surface area (TPSA) is 102 Å². The Labute approximate surface area is 182 Å². The van der Waals surface area contributed by atoms with E-state index in [-0.39, 0.29) is 17.8 Å². The van der Waals surface area contributed by atoms with Gasteiger partial charge in [0.05, 0.1) is 6.61 Å². The van der Waals surface area contributed by atoms with Crippen molar-refractivity contribution in [3.8, 4) is 11.5 Å². The Kier molecular flexibility index (Phi) is 7.03. The van der Waals surface area contributed by atoms with Gasteiger partial charge in [-0.2, -0.15) is 0 Å². The zero-order chi connectivity index (χ0) is 21.6. The molecule has 2 aliphatic heterocycles. The fourth-order valence-electron chi connectivity index (χ4n) is 4.15. The minimum Gasteiger partial charge on any atom is -0.504 e. The molecule has 0 aliphatic carbocycles. The molecule has 0 saturated carbocycles. The van der Waals surface area contributed by atoms with E-state index < -0.39 is 0 Å². The lowest BCUT2D eigenvalue weighted by atomic mass is 10.2. The van der Waals surface area contributed by atoms with E-state index in [1.54, 1.807) is 6.07 Å². The summed E-state index contributed by atoms with van der Waals surface area (Å²) in [4.78, 5) is 14.5. The summed E-state index contributed by atoms with van der Waals surface area (Å²) < 4.78 is 13.1. The van der Waals surface area contributed by atoms with Crippen molar-refractivity contribution < 1.29 is 19.4 Å². The fourth-order valence-corrected chi connectivity index (χ4v) is 4.15. The Hall–Kier alpha value is -2.65. The third-order valence-corrected chi connectivity index (χ3v) is 5.80. The van der Waals surface area contributed by atoms with Gasteiger partial charge in [-0.15, -0.1) is 10.2 Å². The second kappa shape index (κ2) is 10.1. The van der Waals surface area contributed by atoms with Crippen LogP contribution in [0.3, 0.4) is 0 Å².